The number of guanidine groups is 1. The van der Waals surface area contributed by atoms with Gasteiger partial charge in [0.25, 0.3) is 0 Å². The van der Waals surface area contributed by atoms with Gasteiger partial charge in [0, 0.05) is 52.6 Å². The molecule has 1 atom stereocenters. The second-order valence-electron chi connectivity index (χ2n) is 7.33. The summed E-state index contributed by atoms with van der Waals surface area (Å²) in [5.74, 6) is 0.967. The molecule has 1 aromatic rings. The minimum atomic E-state index is 0. The van der Waals surface area contributed by atoms with Crippen molar-refractivity contribution < 1.29 is 4.74 Å². The van der Waals surface area contributed by atoms with E-state index in [1.54, 1.807) is 7.11 Å². The van der Waals surface area contributed by atoms with E-state index in [-0.39, 0.29) is 35.5 Å². The van der Waals surface area contributed by atoms with Crippen LogP contribution in [0.1, 0.15) is 20.8 Å². The van der Waals surface area contributed by atoms with Crippen LogP contribution < -0.4 is 10.2 Å². The Bertz CT molecular complexity index is 522. The molecule has 1 heterocycles. The number of anilines is 1. The maximum absolute atomic E-state index is 5.63. The first-order valence-electron chi connectivity index (χ1n) is 8.74. The largest absolute Gasteiger partial charge is 0.379 e. The Labute approximate surface area is 169 Å². The molecular formula is C19H33IN4O. The van der Waals surface area contributed by atoms with Gasteiger partial charge in [-0.05, 0) is 17.5 Å². The molecule has 0 aliphatic carbocycles. The van der Waals surface area contributed by atoms with E-state index in [0.717, 1.165) is 38.7 Å². The van der Waals surface area contributed by atoms with E-state index in [0.29, 0.717) is 0 Å². The predicted molar refractivity (Wildman–Crippen MR) is 117 cm³/mol. The highest BCUT2D eigenvalue weighted by molar-refractivity contribution is 14.0. The van der Waals surface area contributed by atoms with Crippen LogP contribution in [0.2, 0.25) is 0 Å². The summed E-state index contributed by atoms with van der Waals surface area (Å²) >= 11 is 0. The van der Waals surface area contributed by atoms with Crippen LogP contribution >= 0.6 is 24.0 Å². The van der Waals surface area contributed by atoms with Crippen molar-refractivity contribution in [2.75, 3.05) is 51.8 Å². The Morgan fingerprint density at radius 3 is 2.24 bits per heavy atom. The molecule has 1 aliphatic rings. The third kappa shape index (κ3) is 6.33. The summed E-state index contributed by atoms with van der Waals surface area (Å²) in [6.07, 6.45) is 0.153. The van der Waals surface area contributed by atoms with Gasteiger partial charge in [-0.15, -0.1) is 24.0 Å². The Balaban J connectivity index is 0.00000312. The fourth-order valence-electron chi connectivity index (χ4n) is 3.07. The molecule has 142 valence electrons. The van der Waals surface area contributed by atoms with Crippen LogP contribution in [0, 0.1) is 5.41 Å². The molecule has 1 fully saturated rings. The van der Waals surface area contributed by atoms with Crippen molar-refractivity contribution in [1.82, 2.24) is 10.2 Å². The van der Waals surface area contributed by atoms with E-state index in [1.165, 1.54) is 5.69 Å². The summed E-state index contributed by atoms with van der Waals surface area (Å²) in [4.78, 5) is 9.21. The molecule has 25 heavy (non-hydrogen) atoms. The van der Waals surface area contributed by atoms with Crippen LogP contribution in [0.25, 0.3) is 0 Å². The number of piperazine rings is 1. The minimum Gasteiger partial charge on any atom is -0.379 e. The van der Waals surface area contributed by atoms with E-state index in [2.05, 4.69) is 71.2 Å². The maximum Gasteiger partial charge on any atom is 0.193 e. The average Bonchev–Trinajstić information content (AvgIpc) is 2.59. The molecule has 0 spiro atoms. The van der Waals surface area contributed by atoms with Crippen molar-refractivity contribution >= 4 is 35.6 Å². The standard InChI is InChI=1S/C19H32N4O.HI/c1-19(2,3)17(24-5)15-21-18(20-4)23-13-11-22(12-14-23)16-9-7-6-8-10-16;/h6-10,17H,11-15H2,1-5H3,(H,20,21);1H. The van der Waals surface area contributed by atoms with Crippen LogP contribution in [-0.4, -0.2) is 63.8 Å². The van der Waals surface area contributed by atoms with E-state index in [9.17, 15) is 0 Å². The monoisotopic (exact) mass is 460 g/mol. The first-order valence-corrected chi connectivity index (χ1v) is 8.74. The number of aliphatic imine (C=N–C) groups is 1. The lowest BCUT2D eigenvalue weighted by Gasteiger charge is -2.38. The summed E-state index contributed by atoms with van der Waals surface area (Å²) < 4.78 is 5.63. The number of benzene rings is 1. The third-order valence-electron chi connectivity index (χ3n) is 4.61. The van der Waals surface area contributed by atoms with Crippen LogP contribution in [0.3, 0.4) is 0 Å². The van der Waals surface area contributed by atoms with Crippen molar-refractivity contribution in [2.45, 2.75) is 26.9 Å². The highest BCUT2D eigenvalue weighted by Crippen LogP contribution is 2.21. The summed E-state index contributed by atoms with van der Waals surface area (Å²) in [5, 5.41) is 3.48. The van der Waals surface area contributed by atoms with Crippen molar-refractivity contribution in [2.24, 2.45) is 10.4 Å². The van der Waals surface area contributed by atoms with E-state index < -0.39 is 0 Å². The Hall–Kier alpha value is -1.02. The molecule has 0 aromatic heterocycles. The first kappa shape index (κ1) is 22.0. The van der Waals surface area contributed by atoms with Crippen molar-refractivity contribution in [1.29, 1.82) is 0 Å². The van der Waals surface area contributed by atoms with Crippen molar-refractivity contribution in [3.63, 3.8) is 0 Å². The number of para-hydroxylation sites is 1. The van der Waals surface area contributed by atoms with Gasteiger partial charge in [-0.1, -0.05) is 39.0 Å². The topological polar surface area (TPSA) is 40.1 Å². The zero-order valence-corrected chi connectivity index (χ0v) is 18.5. The fraction of sp³-hybridized carbons (Fsp3) is 0.632. The predicted octanol–water partition coefficient (Wildman–Crippen LogP) is 3.06. The third-order valence-corrected chi connectivity index (χ3v) is 4.61. The summed E-state index contributed by atoms with van der Waals surface area (Å²) in [6.45, 7) is 11.3. The average molecular weight is 460 g/mol. The van der Waals surface area contributed by atoms with Crippen LogP contribution in [0.5, 0.6) is 0 Å². The SMILES string of the molecule is CN=C(NCC(OC)C(C)(C)C)N1CCN(c2ccccc2)CC1.I. The first-order chi connectivity index (χ1) is 11.5. The number of ether oxygens (including phenoxy) is 1. The Kier molecular flexibility index (Phi) is 8.99. The van der Waals surface area contributed by atoms with Gasteiger partial charge in [0.2, 0.25) is 0 Å². The summed E-state index contributed by atoms with van der Waals surface area (Å²) in [7, 11) is 3.63. The summed E-state index contributed by atoms with van der Waals surface area (Å²) in [5.41, 5.74) is 1.40. The molecule has 0 radical (unpaired) electrons. The van der Waals surface area contributed by atoms with E-state index >= 15 is 0 Å². The van der Waals surface area contributed by atoms with Crippen LogP contribution in [-0.2, 0) is 4.74 Å². The minimum absolute atomic E-state index is 0. The van der Waals surface area contributed by atoms with Gasteiger partial charge in [-0.25, -0.2) is 0 Å². The fourth-order valence-corrected chi connectivity index (χ4v) is 3.07. The summed E-state index contributed by atoms with van der Waals surface area (Å²) in [6, 6.07) is 10.6. The lowest BCUT2D eigenvalue weighted by Crippen LogP contribution is -2.54. The number of methoxy groups -OCH3 is 1. The highest BCUT2D eigenvalue weighted by Gasteiger charge is 2.26. The quantitative estimate of drug-likeness (QED) is 0.426. The molecular weight excluding hydrogens is 427 g/mol. The van der Waals surface area contributed by atoms with E-state index in [1.807, 2.05) is 7.05 Å². The molecule has 1 aliphatic heterocycles. The number of halogens is 1. The normalized spacial score (nSPS) is 17.1. The molecule has 1 unspecified atom stereocenters. The molecule has 0 bridgehead atoms. The Morgan fingerprint density at radius 2 is 1.76 bits per heavy atom. The number of nitrogens with one attached hydrogen (secondary N) is 1. The maximum atomic E-state index is 5.63. The number of hydrogen-bond donors (Lipinski definition) is 1. The van der Waals surface area contributed by atoms with Crippen molar-refractivity contribution in [3.05, 3.63) is 30.3 Å². The molecule has 1 saturated heterocycles. The molecule has 0 amide bonds. The van der Waals surface area contributed by atoms with Gasteiger partial charge in [0.15, 0.2) is 5.96 Å². The van der Waals surface area contributed by atoms with Gasteiger partial charge >= 0.3 is 0 Å². The zero-order chi connectivity index (χ0) is 17.6. The van der Waals surface area contributed by atoms with Gasteiger partial charge in [0.05, 0.1) is 6.10 Å². The van der Waals surface area contributed by atoms with Gasteiger partial charge in [-0.2, -0.15) is 0 Å². The second kappa shape index (κ2) is 10.2. The second-order valence-corrected chi connectivity index (χ2v) is 7.33. The molecule has 2 rings (SSSR count). The molecule has 5 nitrogen and oxygen atoms in total. The molecule has 1 aromatic carbocycles. The lowest BCUT2D eigenvalue weighted by atomic mass is 9.89. The smallest absolute Gasteiger partial charge is 0.193 e. The van der Waals surface area contributed by atoms with Crippen LogP contribution in [0.4, 0.5) is 5.69 Å². The number of nitrogens with zero attached hydrogens (tertiary/aromatic N) is 3. The lowest BCUT2D eigenvalue weighted by molar-refractivity contribution is 0.0201. The van der Waals surface area contributed by atoms with Gasteiger partial charge in [0.1, 0.15) is 0 Å². The highest BCUT2D eigenvalue weighted by atomic mass is 127. The number of rotatable bonds is 4. The van der Waals surface area contributed by atoms with Crippen LogP contribution in [0.15, 0.2) is 35.3 Å². The Morgan fingerprint density at radius 1 is 1.16 bits per heavy atom. The molecule has 0 saturated carbocycles. The zero-order valence-electron chi connectivity index (χ0n) is 16.2. The van der Waals surface area contributed by atoms with E-state index in [4.69, 9.17) is 4.74 Å². The number of hydrogen-bond acceptors (Lipinski definition) is 3. The van der Waals surface area contributed by atoms with Gasteiger partial charge < -0.3 is 19.9 Å². The molecule has 1 N–H and O–H groups in total. The van der Waals surface area contributed by atoms with Crippen molar-refractivity contribution in [3.8, 4) is 0 Å². The van der Waals surface area contributed by atoms with Gasteiger partial charge in [-0.3, -0.25) is 4.99 Å². The molecule has 6 heteroatoms.